The number of rotatable bonds is 8. The van der Waals surface area contributed by atoms with E-state index in [2.05, 4.69) is 9.62 Å². The molecule has 5 nitrogen and oxygen atoms in total. The summed E-state index contributed by atoms with van der Waals surface area (Å²) in [4.78, 5) is 1.84. The number of aliphatic hydroxyl groups excluding tert-OH is 1. The minimum absolute atomic E-state index is 0.258. The van der Waals surface area contributed by atoms with Gasteiger partial charge in [0, 0.05) is 19.1 Å². The highest BCUT2D eigenvalue weighted by Gasteiger charge is 2.27. The minimum Gasteiger partial charge on any atom is -0.392 e. The molecule has 0 spiro atoms. The molecule has 2 rings (SSSR count). The van der Waals surface area contributed by atoms with E-state index in [0.29, 0.717) is 18.2 Å². The molecule has 0 radical (unpaired) electrons. The van der Waals surface area contributed by atoms with Gasteiger partial charge in [0.2, 0.25) is 10.0 Å². The minimum atomic E-state index is -3.86. The van der Waals surface area contributed by atoms with Gasteiger partial charge in [0.25, 0.3) is 0 Å². The number of hydrogen-bond acceptors (Lipinski definition) is 4. The molecule has 0 aliphatic heterocycles. The number of sulfonamides is 1. The smallest absolute Gasteiger partial charge is 0.243 e. The van der Waals surface area contributed by atoms with Crippen molar-refractivity contribution < 1.29 is 17.9 Å². The van der Waals surface area contributed by atoms with Crippen LogP contribution in [0.2, 0.25) is 0 Å². The van der Waals surface area contributed by atoms with Gasteiger partial charge < -0.3 is 5.11 Å². The second-order valence-corrected chi connectivity index (χ2v) is 6.92. The molecule has 1 aromatic rings. The Morgan fingerprint density at radius 2 is 2.14 bits per heavy atom. The van der Waals surface area contributed by atoms with Crippen LogP contribution >= 0.6 is 0 Å². The molecule has 1 saturated carbocycles. The molecule has 1 aliphatic carbocycles. The van der Waals surface area contributed by atoms with Gasteiger partial charge in [-0.3, -0.25) is 4.90 Å². The molecule has 0 heterocycles. The van der Waals surface area contributed by atoms with E-state index >= 15 is 0 Å². The summed E-state index contributed by atoms with van der Waals surface area (Å²) in [5.41, 5.74) is 0.345. The fraction of sp³-hybridized carbons (Fsp3) is 0.571. The SMILES string of the molecule is CCN(CCNS(=O)(=O)c1ccc(CO)cc1F)C1CC1. The first-order valence-electron chi connectivity index (χ1n) is 7.11. The lowest BCUT2D eigenvalue weighted by Crippen LogP contribution is -2.36. The number of nitrogens with zero attached hydrogens (tertiary/aromatic N) is 1. The molecule has 1 aliphatic rings. The maximum Gasteiger partial charge on any atom is 0.243 e. The number of hydrogen-bond donors (Lipinski definition) is 2. The first-order valence-corrected chi connectivity index (χ1v) is 8.59. The van der Waals surface area contributed by atoms with E-state index in [1.54, 1.807) is 0 Å². The maximum absolute atomic E-state index is 13.8. The quantitative estimate of drug-likeness (QED) is 0.753. The summed E-state index contributed by atoms with van der Waals surface area (Å²) in [7, 11) is -3.86. The first-order chi connectivity index (χ1) is 9.97. The molecule has 118 valence electrons. The second-order valence-electron chi connectivity index (χ2n) is 5.18. The van der Waals surface area contributed by atoms with Crippen molar-refractivity contribution in [1.82, 2.24) is 9.62 Å². The monoisotopic (exact) mass is 316 g/mol. The Kier molecular flexibility index (Phi) is 5.32. The lowest BCUT2D eigenvalue weighted by molar-refractivity contribution is 0.281. The van der Waals surface area contributed by atoms with Crippen LogP contribution in [-0.2, 0) is 16.6 Å². The molecular weight excluding hydrogens is 295 g/mol. The van der Waals surface area contributed by atoms with E-state index in [1.807, 2.05) is 6.92 Å². The van der Waals surface area contributed by atoms with E-state index in [0.717, 1.165) is 25.5 Å². The van der Waals surface area contributed by atoms with E-state index in [-0.39, 0.29) is 18.0 Å². The van der Waals surface area contributed by atoms with Gasteiger partial charge in [-0.05, 0) is 37.1 Å². The van der Waals surface area contributed by atoms with E-state index < -0.39 is 15.8 Å². The van der Waals surface area contributed by atoms with Crippen molar-refractivity contribution in [1.29, 1.82) is 0 Å². The fourth-order valence-electron chi connectivity index (χ4n) is 2.30. The van der Waals surface area contributed by atoms with Gasteiger partial charge >= 0.3 is 0 Å². The molecule has 0 aromatic heterocycles. The largest absolute Gasteiger partial charge is 0.392 e. The second kappa shape index (κ2) is 6.83. The van der Waals surface area contributed by atoms with Crippen LogP contribution in [0.4, 0.5) is 4.39 Å². The number of benzene rings is 1. The van der Waals surface area contributed by atoms with Gasteiger partial charge in [-0.2, -0.15) is 0 Å². The van der Waals surface area contributed by atoms with Crippen molar-refractivity contribution in [3.63, 3.8) is 0 Å². The summed E-state index contributed by atoms with van der Waals surface area (Å²) in [5, 5.41) is 8.91. The van der Waals surface area contributed by atoms with Crippen LogP contribution < -0.4 is 4.72 Å². The number of likely N-dealkylation sites (N-methyl/N-ethyl adjacent to an activating group) is 1. The standard InChI is InChI=1S/C14H21FN2O3S/c1-2-17(12-4-5-12)8-7-16-21(19,20)14-6-3-11(10-18)9-13(14)15/h3,6,9,12,16,18H,2,4-5,7-8,10H2,1H3. The Labute approximate surface area is 124 Å². The molecular formula is C14H21FN2O3S. The van der Waals surface area contributed by atoms with Crippen molar-refractivity contribution in [3.05, 3.63) is 29.6 Å². The molecule has 7 heteroatoms. The van der Waals surface area contributed by atoms with Crippen molar-refractivity contribution in [2.75, 3.05) is 19.6 Å². The molecule has 0 amide bonds. The summed E-state index contributed by atoms with van der Waals surface area (Å²) in [6.45, 7) is 3.48. The lowest BCUT2D eigenvalue weighted by atomic mass is 10.2. The molecule has 1 aromatic carbocycles. The van der Waals surface area contributed by atoms with Crippen LogP contribution in [0.25, 0.3) is 0 Å². The topological polar surface area (TPSA) is 69.6 Å². The summed E-state index contributed by atoms with van der Waals surface area (Å²) >= 11 is 0. The predicted molar refractivity (Wildman–Crippen MR) is 77.8 cm³/mol. The Bertz CT molecular complexity index is 588. The highest BCUT2D eigenvalue weighted by atomic mass is 32.2. The third-order valence-electron chi connectivity index (χ3n) is 3.63. The fourth-order valence-corrected chi connectivity index (χ4v) is 3.38. The Balaban J connectivity index is 1.97. The third kappa shape index (κ3) is 4.23. The molecule has 0 bridgehead atoms. The molecule has 2 N–H and O–H groups in total. The van der Waals surface area contributed by atoms with Gasteiger partial charge in [-0.25, -0.2) is 17.5 Å². The molecule has 0 atom stereocenters. The summed E-state index contributed by atoms with van der Waals surface area (Å²) < 4.78 is 40.4. The number of aliphatic hydroxyl groups is 1. The summed E-state index contributed by atoms with van der Waals surface area (Å²) in [6.07, 6.45) is 2.33. The average molecular weight is 316 g/mol. The van der Waals surface area contributed by atoms with Crippen molar-refractivity contribution in [2.45, 2.75) is 37.3 Å². The van der Waals surface area contributed by atoms with Crippen LogP contribution in [0.3, 0.4) is 0 Å². The van der Waals surface area contributed by atoms with Crippen LogP contribution in [0, 0.1) is 5.82 Å². The summed E-state index contributed by atoms with van der Waals surface area (Å²) in [6, 6.07) is 4.19. The number of nitrogens with one attached hydrogen (secondary N) is 1. The molecule has 0 saturated heterocycles. The van der Waals surface area contributed by atoms with Crippen LogP contribution in [-0.4, -0.2) is 44.1 Å². The zero-order chi connectivity index (χ0) is 15.5. The van der Waals surface area contributed by atoms with Crippen LogP contribution in [0.15, 0.2) is 23.1 Å². The highest BCUT2D eigenvalue weighted by molar-refractivity contribution is 7.89. The van der Waals surface area contributed by atoms with Crippen LogP contribution in [0.5, 0.6) is 0 Å². The normalized spacial score (nSPS) is 15.6. The van der Waals surface area contributed by atoms with E-state index in [9.17, 15) is 12.8 Å². The Morgan fingerprint density at radius 1 is 1.43 bits per heavy atom. The van der Waals surface area contributed by atoms with Gasteiger partial charge in [-0.15, -0.1) is 0 Å². The maximum atomic E-state index is 13.8. The summed E-state index contributed by atoms with van der Waals surface area (Å²) in [5.74, 6) is -0.844. The third-order valence-corrected chi connectivity index (χ3v) is 5.12. The first kappa shape index (κ1) is 16.4. The Morgan fingerprint density at radius 3 is 2.67 bits per heavy atom. The van der Waals surface area contributed by atoms with Gasteiger partial charge in [-0.1, -0.05) is 13.0 Å². The zero-order valence-electron chi connectivity index (χ0n) is 12.0. The molecule has 1 fully saturated rings. The lowest BCUT2D eigenvalue weighted by Gasteiger charge is -2.19. The average Bonchev–Trinajstić information content (AvgIpc) is 3.27. The van der Waals surface area contributed by atoms with Crippen molar-refractivity contribution in [2.24, 2.45) is 0 Å². The molecule has 21 heavy (non-hydrogen) atoms. The Hall–Kier alpha value is -1.02. The van der Waals surface area contributed by atoms with Gasteiger partial charge in [0.1, 0.15) is 10.7 Å². The van der Waals surface area contributed by atoms with E-state index in [1.165, 1.54) is 12.1 Å². The number of halogens is 1. The van der Waals surface area contributed by atoms with Crippen LogP contribution in [0.1, 0.15) is 25.3 Å². The highest BCUT2D eigenvalue weighted by Crippen LogP contribution is 2.26. The van der Waals surface area contributed by atoms with Crippen molar-refractivity contribution >= 4 is 10.0 Å². The van der Waals surface area contributed by atoms with Gasteiger partial charge in [0.15, 0.2) is 0 Å². The zero-order valence-corrected chi connectivity index (χ0v) is 12.9. The van der Waals surface area contributed by atoms with Gasteiger partial charge in [0.05, 0.1) is 6.61 Å². The van der Waals surface area contributed by atoms with Crippen molar-refractivity contribution in [3.8, 4) is 0 Å². The predicted octanol–water partition coefficient (Wildman–Crippen LogP) is 1.08. The molecule has 0 unspecified atom stereocenters. The van der Waals surface area contributed by atoms with E-state index in [4.69, 9.17) is 5.11 Å².